The minimum atomic E-state index is -1.17. The molecule has 1 aromatic carbocycles. The Morgan fingerprint density at radius 1 is 1.45 bits per heavy atom. The molecule has 108 valence electrons. The van der Waals surface area contributed by atoms with Gasteiger partial charge in [-0.15, -0.1) is 0 Å². The third kappa shape index (κ3) is 3.33. The molecule has 1 fully saturated rings. The smallest absolute Gasteiger partial charge is 0.335 e. The van der Waals surface area contributed by atoms with Crippen LogP contribution in [-0.2, 0) is 9.53 Å². The summed E-state index contributed by atoms with van der Waals surface area (Å²) in [5.74, 6) is -2.36. The fraction of sp³-hybridized carbons (Fsp3) is 0.429. The maximum absolute atomic E-state index is 13.6. The minimum Gasteiger partial charge on any atom is -0.478 e. The number of rotatable bonds is 3. The van der Waals surface area contributed by atoms with Crippen molar-refractivity contribution in [3.63, 3.8) is 0 Å². The number of halogens is 1. The predicted molar refractivity (Wildman–Crippen MR) is 70.1 cm³/mol. The molecule has 1 heterocycles. The number of carbonyl (C=O) groups excluding carboxylic acids is 1. The van der Waals surface area contributed by atoms with Crippen molar-refractivity contribution >= 4 is 17.6 Å². The highest BCUT2D eigenvalue weighted by Crippen LogP contribution is 2.23. The van der Waals surface area contributed by atoms with Crippen LogP contribution in [0, 0.1) is 11.7 Å². The maximum atomic E-state index is 13.6. The molecule has 1 amide bonds. The molecule has 1 aromatic rings. The van der Waals surface area contributed by atoms with Crippen LogP contribution in [0.3, 0.4) is 0 Å². The molecular formula is C14H16FNO4. The first kappa shape index (κ1) is 14.5. The number of anilines is 1. The maximum Gasteiger partial charge on any atom is 0.335 e. The summed E-state index contributed by atoms with van der Waals surface area (Å²) in [5, 5.41) is 11.3. The zero-order chi connectivity index (χ0) is 14.7. The van der Waals surface area contributed by atoms with Gasteiger partial charge in [-0.3, -0.25) is 4.79 Å². The van der Waals surface area contributed by atoms with Gasteiger partial charge in [-0.1, -0.05) is 0 Å². The molecule has 2 rings (SSSR count). The van der Waals surface area contributed by atoms with E-state index in [4.69, 9.17) is 9.84 Å². The lowest BCUT2D eigenvalue weighted by molar-refractivity contribution is -0.124. The molecule has 2 atom stereocenters. The molecule has 2 N–H and O–H groups in total. The second-order valence-electron chi connectivity index (χ2n) is 4.89. The number of carbonyl (C=O) groups is 2. The van der Waals surface area contributed by atoms with Crippen molar-refractivity contribution in [1.29, 1.82) is 0 Å². The number of aromatic carboxylic acids is 1. The third-order valence-electron chi connectivity index (χ3n) is 3.33. The SMILES string of the molecule is C[C@H]1C[C@H](C(=O)Nc2cc(C(=O)O)ccc2F)CCO1. The summed E-state index contributed by atoms with van der Waals surface area (Å²) in [6.07, 6.45) is 1.15. The summed E-state index contributed by atoms with van der Waals surface area (Å²) in [6.45, 7) is 2.38. The van der Waals surface area contributed by atoms with Crippen LogP contribution < -0.4 is 5.32 Å². The minimum absolute atomic E-state index is 0.00491. The Kier molecular flexibility index (Phi) is 4.34. The van der Waals surface area contributed by atoms with E-state index in [-0.39, 0.29) is 29.2 Å². The van der Waals surface area contributed by atoms with E-state index in [0.717, 1.165) is 18.2 Å². The molecule has 20 heavy (non-hydrogen) atoms. The molecule has 1 aliphatic rings. The van der Waals surface area contributed by atoms with Crippen molar-refractivity contribution in [3.05, 3.63) is 29.6 Å². The predicted octanol–water partition coefficient (Wildman–Crippen LogP) is 2.28. The number of hydrogen-bond acceptors (Lipinski definition) is 3. The Morgan fingerprint density at radius 3 is 2.85 bits per heavy atom. The lowest BCUT2D eigenvalue weighted by atomic mass is 9.95. The van der Waals surface area contributed by atoms with Gasteiger partial charge in [-0.25, -0.2) is 9.18 Å². The van der Waals surface area contributed by atoms with E-state index in [2.05, 4.69) is 5.32 Å². The average Bonchev–Trinajstić information content (AvgIpc) is 2.41. The molecule has 0 radical (unpaired) electrons. The van der Waals surface area contributed by atoms with Crippen molar-refractivity contribution < 1.29 is 23.8 Å². The van der Waals surface area contributed by atoms with Crippen LogP contribution in [-0.4, -0.2) is 29.7 Å². The van der Waals surface area contributed by atoms with Crippen LogP contribution in [0.2, 0.25) is 0 Å². The first-order chi connectivity index (χ1) is 9.47. The van der Waals surface area contributed by atoms with Gasteiger partial charge in [0.05, 0.1) is 17.4 Å². The summed E-state index contributed by atoms with van der Waals surface area (Å²) in [6, 6.07) is 3.31. The van der Waals surface area contributed by atoms with Gasteiger partial charge in [0, 0.05) is 12.5 Å². The molecule has 1 aliphatic heterocycles. The topological polar surface area (TPSA) is 75.6 Å². The molecule has 0 bridgehead atoms. The van der Waals surface area contributed by atoms with Gasteiger partial charge in [0.25, 0.3) is 0 Å². The van der Waals surface area contributed by atoms with Crippen LogP contribution >= 0.6 is 0 Å². The van der Waals surface area contributed by atoms with Crippen molar-refractivity contribution in [1.82, 2.24) is 0 Å². The number of carboxylic acids is 1. The van der Waals surface area contributed by atoms with E-state index < -0.39 is 11.8 Å². The van der Waals surface area contributed by atoms with Crippen LogP contribution in [0.25, 0.3) is 0 Å². The van der Waals surface area contributed by atoms with E-state index >= 15 is 0 Å². The van der Waals surface area contributed by atoms with Gasteiger partial charge >= 0.3 is 5.97 Å². The van der Waals surface area contributed by atoms with Crippen LogP contribution in [0.15, 0.2) is 18.2 Å². The Labute approximate surface area is 115 Å². The Hall–Kier alpha value is -1.95. The third-order valence-corrected chi connectivity index (χ3v) is 3.33. The lowest BCUT2D eigenvalue weighted by Crippen LogP contribution is -2.32. The summed E-state index contributed by atoms with van der Waals surface area (Å²) < 4.78 is 19.0. The van der Waals surface area contributed by atoms with Gasteiger partial charge in [0.2, 0.25) is 5.91 Å². The number of benzene rings is 1. The lowest BCUT2D eigenvalue weighted by Gasteiger charge is -2.26. The van der Waals surface area contributed by atoms with E-state index in [1.807, 2.05) is 6.92 Å². The zero-order valence-electron chi connectivity index (χ0n) is 11.1. The number of carboxylic acid groups (broad SMARTS) is 1. The second kappa shape index (κ2) is 6.00. The van der Waals surface area contributed by atoms with E-state index in [9.17, 15) is 14.0 Å². The molecule has 1 saturated heterocycles. The summed E-state index contributed by atoms with van der Waals surface area (Å²) in [7, 11) is 0. The summed E-state index contributed by atoms with van der Waals surface area (Å²) in [5.41, 5.74) is -0.170. The van der Waals surface area contributed by atoms with Crippen LogP contribution in [0.5, 0.6) is 0 Å². The highest BCUT2D eigenvalue weighted by atomic mass is 19.1. The zero-order valence-corrected chi connectivity index (χ0v) is 11.1. The van der Waals surface area contributed by atoms with Crippen molar-refractivity contribution in [2.45, 2.75) is 25.9 Å². The highest BCUT2D eigenvalue weighted by Gasteiger charge is 2.26. The summed E-state index contributed by atoms with van der Waals surface area (Å²) in [4.78, 5) is 22.9. The monoisotopic (exact) mass is 281 g/mol. The average molecular weight is 281 g/mol. The second-order valence-corrected chi connectivity index (χ2v) is 4.89. The van der Waals surface area contributed by atoms with Crippen molar-refractivity contribution in [3.8, 4) is 0 Å². The Bertz CT molecular complexity index is 532. The highest BCUT2D eigenvalue weighted by molar-refractivity contribution is 5.95. The van der Waals surface area contributed by atoms with Gasteiger partial charge in [0.15, 0.2) is 0 Å². The number of amides is 1. The standard InChI is InChI=1S/C14H16FNO4/c1-8-6-9(4-5-20-8)13(17)16-12-7-10(14(18)19)2-3-11(12)15/h2-3,7-9H,4-6H2,1H3,(H,16,17)(H,18,19)/t8-,9+/m0/s1. The van der Waals surface area contributed by atoms with E-state index in [1.165, 1.54) is 0 Å². The Balaban J connectivity index is 2.10. The molecule has 0 aliphatic carbocycles. The van der Waals surface area contributed by atoms with Gasteiger partial charge in [0.1, 0.15) is 5.82 Å². The number of nitrogens with one attached hydrogen (secondary N) is 1. The first-order valence-corrected chi connectivity index (χ1v) is 6.42. The molecule has 0 unspecified atom stereocenters. The largest absolute Gasteiger partial charge is 0.478 e. The van der Waals surface area contributed by atoms with Crippen LogP contribution in [0.1, 0.15) is 30.1 Å². The van der Waals surface area contributed by atoms with E-state index in [1.54, 1.807) is 0 Å². The first-order valence-electron chi connectivity index (χ1n) is 6.42. The van der Waals surface area contributed by atoms with Crippen molar-refractivity contribution in [2.75, 3.05) is 11.9 Å². The molecular weight excluding hydrogens is 265 g/mol. The van der Waals surface area contributed by atoms with Gasteiger partial charge < -0.3 is 15.2 Å². The Morgan fingerprint density at radius 2 is 2.20 bits per heavy atom. The molecule has 0 aromatic heterocycles. The van der Waals surface area contributed by atoms with E-state index in [0.29, 0.717) is 19.4 Å². The van der Waals surface area contributed by atoms with Gasteiger partial charge in [-0.2, -0.15) is 0 Å². The summed E-state index contributed by atoms with van der Waals surface area (Å²) >= 11 is 0. The van der Waals surface area contributed by atoms with Gasteiger partial charge in [-0.05, 0) is 38.0 Å². The van der Waals surface area contributed by atoms with Crippen LogP contribution in [0.4, 0.5) is 10.1 Å². The number of ether oxygens (including phenoxy) is 1. The molecule has 6 heteroatoms. The molecule has 0 saturated carbocycles. The normalized spacial score (nSPS) is 22.3. The fourth-order valence-corrected chi connectivity index (χ4v) is 2.23. The molecule has 0 spiro atoms. The fourth-order valence-electron chi connectivity index (χ4n) is 2.23. The number of hydrogen-bond donors (Lipinski definition) is 2. The van der Waals surface area contributed by atoms with Crippen molar-refractivity contribution in [2.24, 2.45) is 5.92 Å². The quantitative estimate of drug-likeness (QED) is 0.891. The molecule has 5 nitrogen and oxygen atoms in total.